The molecule has 0 saturated carbocycles. The standard InChI is InChI=1S/C24H34N4O2S/c1-3-20-17-23(30)27(2)24(26-20)31-16-8-7-11-22(29)25-21-12-14-28(15-13-21)18-19-9-5-4-6-10-19/h4-6,9-10,17,21H,3,7-8,11-16,18H2,1-2H3,(H,25,29). The van der Waals surface area contributed by atoms with Crippen molar-refractivity contribution in [2.75, 3.05) is 18.8 Å². The summed E-state index contributed by atoms with van der Waals surface area (Å²) in [6.45, 7) is 5.04. The molecule has 1 N–H and O–H groups in total. The second kappa shape index (κ2) is 12.1. The Hall–Kier alpha value is -2.12. The van der Waals surface area contributed by atoms with E-state index in [1.165, 1.54) is 5.56 Å². The van der Waals surface area contributed by atoms with Crippen LogP contribution in [0.2, 0.25) is 0 Å². The summed E-state index contributed by atoms with van der Waals surface area (Å²) < 4.78 is 1.60. The number of rotatable bonds is 10. The predicted molar refractivity (Wildman–Crippen MR) is 126 cm³/mol. The van der Waals surface area contributed by atoms with Gasteiger partial charge in [0.1, 0.15) is 0 Å². The maximum atomic E-state index is 12.3. The number of unbranched alkanes of at least 4 members (excludes halogenated alkanes) is 1. The highest BCUT2D eigenvalue weighted by Gasteiger charge is 2.20. The molecule has 1 aromatic heterocycles. The van der Waals surface area contributed by atoms with Crippen LogP contribution in [0.3, 0.4) is 0 Å². The van der Waals surface area contributed by atoms with Gasteiger partial charge in [0.15, 0.2) is 5.16 Å². The Morgan fingerprint density at radius 3 is 2.65 bits per heavy atom. The van der Waals surface area contributed by atoms with Crippen LogP contribution in [0.1, 0.15) is 50.3 Å². The first-order valence-electron chi connectivity index (χ1n) is 11.3. The van der Waals surface area contributed by atoms with Gasteiger partial charge in [-0.3, -0.25) is 19.1 Å². The summed E-state index contributed by atoms with van der Waals surface area (Å²) >= 11 is 1.59. The van der Waals surface area contributed by atoms with Crippen molar-refractivity contribution in [3.63, 3.8) is 0 Å². The van der Waals surface area contributed by atoms with Crippen molar-refractivity contribution in [1.29, 1.82) is 0 Å². The van der Waals surface area contributed by atoms with Crippen LogP contribution in [0, 0.1) is 0 Å². The third-order valence-electron chi connectivity index (χ3n) is 5.74. The van der Waals surface area contributed by atoms with Gasteiger partial charge in [-0.1, -0.05) is 49.0 Å². The third kappa shape index (κ3) is 7.51. The zero-order valence-corrected chi connectivity index (χ0v) is 19.5. The first-order valence-corrected chi connectivity index (χ1v) is 12.3. The number of aromatic nitrogens is 2. The van der Waals surface area contributed by atoms with Crippen LogP contribution in [-0.2, 0) is 24.8 Å². The molecule has 3 rings (SSSR count). The SMILES string of the molecule is CCc1cc(=O)n(C)c(SCCCCC(=O)NC2CCN(Cc3ccccc3)CC2)n1. The Morgan fingerprint density at radius 1 is 1.19 bits per heavy atom. The van der Waals surface area contributed by atoms with Crippen LogP contribution in [-0.4, -0.2) is 45.2 Å². The first-order chi connectivity index (χ1) is 15.0. The average Bonchev–Trinajstić information content (AvgIpc) is 2.78. The fraction of sp³-hybridized carbons (Fsp3) is 0.542. The van der Waals surface area contributed by atoms with Gasteiger partial charge in [0.05, 0.1) is 0 Å². The number of benzene rings is 1. The van der Waals surface area contributed by atoms with E-state index in [4.69, 9.17) is 0 Å². The lowest BCUT2D eigenvalue weighted by molar-refractivity contribution is -0.122. The van der Waals surface area contributed by atoms with Crippen molar-refractivity contribution in [2.24, 2.45) is 7.05 Å². The van der Waals surface area contributed by atoms with Crippen molar-refractivity contribution >= 4 is 17.7 Å². The third-order valence-corrected chi connectivity index (χ3v) is 6.86. The summed E-state index contributed by atoms with van der Waals surface area (Å²) in [6, 6.07) is 12.4. The molecule has 1 aliphatic heterocycles. The molecular weight excluding hydrogens is 408 g/mol. The molecule has 0 spiro atoms. The van der Waals surface area contributed by atoms with E-state index in [0.29, 0.717) is 12.5 Å². The number of likely N-dealkylation sites (tertiary alicyclic amines) is 1. The van der Waals surface area contributed by atoms with Gasteiger partial charge in [-0.2, -0.15) is 0 Å². The maximum absolute atomic E-state index is 12.3. The minimum absolute atomic E-state index is 0.0106. The van der Waals surface area contributed by atoms with Crippen LogP contribution in [0.4, 0.5) is 0 Å². The van der Waals surface area contributed by atoms with E-state index in [1.54, 1.807) is 29.4 Å². The Kier molecular flexibility index (Phi) is 9.15. The molecule has 0 aliphatic carbocycles. The normalized spacial score (nSPS) is 15.2. The zero-order valence-electron chi connectivity index (χ0n) is 18.7. The largest absolute Gasteiger partial charge is 0.353 e. The van der Waals surface area contributed by atoms with Crippen molar-refractivity contribution in [1.82, 2.24) is 19.8 Å². The maximum Gasteiger partial charge on any atom is 0.254 e. The van der Waals surface area contributed by atoms with Crippen molar-refractivity contribution < 1.29 is 4.79 Å². The predicted octanol–water partition coefficient (Wildman–Crippen LogP) is 3.39. The van der Waals surface area contributed by atoms with Crippen LogP contribution in [0.15, 0.2) is 46.3 Å². The second-order valence-corrected chi connectivity index (χ2v) is 9.25. The fourth-order valence-corrected chi connectivity index (χ4v) is 4.80. The average molecular weight is 443 g/mol. The molecule has 0 unspecified atom stereocenters. The molecule has 1 amide bonds. The molecule has 0 bridgehead atoms. The molecule has 168 valence electrons. The molecule has 2 heterocycles. The molecule has 2 aromatic rings. The molecule has 1 aliphatic rings. The minimum atomic E-state index is -0.0106. The number of aryl methyl sites for hydroxylation is 1. The zero-order chi connectivity index (χ0) is 22.1. The number of carbonyl (C=O) groups excluding carboxylic acids is 1. The van der Waals surface area contributed by atoms with Crippen molar-refractivity contribution in [2.45, 2.75) is 63.2 Å². The summed E-state index contributed by atoms with van der Waals surface area (Å²) in [7, 11) is 1.76. The van der Waals surface area contributed by atoms with Crippen LogP contribution in [0.5, 0.6) is 0 Å². The van der Waals surface area contributed by atoms with E-state index in [-0.39, 0.29) is 11.5 Å². The number of nitrogens with one attached hydrogen (secondary N) is 1. The lowest BCUT2D eigenvalue weighted by Gasteiger charge is -2.32. The molecule has 6 nitrogen and oxygen atoms in total. The van der Waals surface area contributed by atoms with E-state index in [1.807, 2.05) is 13.0 Å². The van der Waals surface area contributed by atoms with E-state index in [0.717, 1.165) is 68.3 Å². The smallest absolute Gasteiger partial charge is 0.254 e. The number of amides is 1. The van der Waals surface area contributed by atoms with E-state index in [2.05, 4.69) is 39.5 Å². The highest BCUT2D eigenvalue weighted by Crippen LogP contribution is 2.17. The molecule has 1 saturated heterocycles. The summed E-state index contributed by atoms with van der Waals surface area (Å²) in [5.74, 6) is 1.02. The van der Waals surface area contributed by atoms with E-state index < -0.39 is 0 Å². The molecule has 0 atom stereocenters. The summed E-state index contributed by atoms with van der Waals surface area (Å²) in [4.78, 5) is 31.3. The van der Waals surface area contributed by atoms with Gasteiger partial charge in [-0.15, -0.1) is 0 Å². The van der Waals surface area contributed by atoms with Gasteiger partial charge in [0, 0.05) is 56.7 Å². The molecular formula is C24H34N4O2S. The molecule has 7 heteroatoms. The van der Waals surface area contributed by atoms with Crippen LogP contribution < -0.4 is 10.9 Å². The Balaban J connectivity index is 1.30. The highest BCUT2D eigenvalue weighted by atomic mass is 32.2. The fourth-order valence-electron chi connectivity index (χ4n) is 3.80. The number of nitrogens with zero attached hydrogens (tertiary/aromatic N) is 3. The van der Waals surface area contributed by atoms with Gasteiger partial charge in [-0.25, -0.2) is 4.98 Å². The molecule has 0 radical (unpaired) electrons. The van der Waals surface area contributed by atoms with Gasteiger partial charge < -0.3 is 5.32 Å². The Morgan fingerprint density at radius 2 is 1.94 bits per heavy atom. The number of carbonyl (C=O) groups is 1. The van der Waals surface area contributed by atoms with Gasteiger partial charge in [0.25, 0.3) is 5.56 Å². The lowest BCUT2D eigenvalue weighted by atomic mass is 10.0. The summed E-state index contributed by atoms with van der Waals surface area (Å²) in [5, 5.41) is 3.97. The first kappa shape index (κ1) is 23.5. The van der Waals surface area contributed by atoms with E-state index in [9.17, 15) is 9.59 Å². The van der Waals surface area contributed by atoms with Crippen molar-refractivity contribution in [3.05, 3.63) is 58.0 Å². The number of thioether (sulfide) groups is 1. The quantitative estimate of drug-likeness (QED) is 0.347. The van der Waals surface area contributed by atoms with Crippen molar-refractivity contribution in [3.8, 4) is 0 Å². The van der Waals surface area contributed by atoms with Crippen LogP contribution in [0.25, 0.3) is 0 Å². The van der Waals surface area contributed by atoms with Gasteiger partial charge >= 0.3 is 0 Å². The Bertz CT molecular complexity index is 892. The number of hydrogen-bond donors (Lipinski definition) is 1. The molecule has 31 heavy (non-hydrogen) atoms. The monoisotopic (exact) mass is 442 g/mol. The molecule has 1 fully saturated rings. The minimum Gasteiger partial charge on any atom is -0.353 e. The van der Waals surface area contributed by atoms with Gasteiger partial charge in [-0.05, 0) is 37.7 Å². The Labute approximate surface area is 189 Å². The summed E-state index contributed by atoms with van der Waals surface area (Å²) in [6.07, 6.45) is 5.14. The van der Waals surface area contributed by atoms with Gasteiger partial charge in [0.2, 0.25) is 5.91 Å². The topological polar surface area (TPSA) is 67.2 Å². The van der Waals surface area contributed by atoms with Crippen LogP contribution >= 0.6 is 11.8 Å². The lowest BCUT2D eigenvalue weighted by Crippen LogP contribution is -2.44. The molecule has 1 aromatic carbocycles. The summed E-state index contributed by atoms with van der Waals surface area (Å²) in [5.41, 5.74) is 2.17. The number of hydrogen-bond acceptors (Lipinski definition) is 5. The second-order valence-electron chi connectivity index (χ2n) is 8.19. The number of piperidine rings is 1. The highest BCUT2D eigenvalue weighted by molar-refractivity contribution is 7.99. The van der Waals surface area contributed by atoms with E-state index >= 15 is 0 Å².